The van der Waals surface area contributed by atoms with Crippen molar-refractivity contribution in [2.45, 2.75) is 291 Å². The third-order valence-corrected chi connectivity index (χ3v) is 24.5. The molecule has 0 radical (unpaired) electrons. The lowest BCUT2D eigenvalue weighted by molar-refractivity contribution is -0.397. The lowest BCUT2D eigenvalue weighted by atomic mass is 9.33. The van der Waals surface area contributed by atoms with Gasteiger partial charge in [-0.15, -0.1) is 0 Å². The number of rotatable bonds is 14. The zero-order chi connectivity index (χ0) is 67.7. The van der Waals surface area contributed by atoms with E-state index in [-0.39, 0.29) is 23.7 Å². The molecule has 6 aliphatic heterocycles. The third kappa shape index (κ3) is 12.3. The van der Waals surface area contributed by atoms with Crippen LogP contribution in [0.25, 0.3) is 0 Å². The van der Waals surface area contributed by atoms with E-state index in [2.05, 4.69) is 40.7 Å². The van der Waals surface area contributed by atoms with Gasteiger partial charge in [0.2, 0.25) is 6.29 Å². The Morgan fingerprint density at radius 3 is 1.65 bits per heavy atom. The van der Waals surface area contributed by atoms with Gasteiger partial charge in [0.25, 0.3) is 0 Å². The molecule has 30 heteroatoms. The average molecular weight is 1340 g/mol. The highest BCUT2D eigenvalue weighted by atomic mass is 16.8. The van der Waals surface area contributed by atoms with Gasteiger partial charge in [-0.25, -0.2) is 0 Å². The maximum atomic E-state index is 16.0. The number of aliphatic hydroxyl groups is 17. The van der Waals surface area contributed by atoms with Gasteiger partial charge in [0.1, 0.15) is 110 Å². The Morgan fingerprint density at radius 2 is 1.02 bits per heavy atom. The van der Waals surface area contributed by atoms with Crippen LogP contribution >= 0.6 is 0 Å². The smallest absolute Gasteiger partial charge is 0.315 e. The monoisotopic (exact) mass is 1340 g/mol. The number of esters is 1. The zero-order valence-corrected chi connectivity index (χ0v) is 53.9. The summed E-state index contributed by atoms with van der Waals surface area (Å²) in [6, 6.07) is 0. The summed E-state index contributed by atoms with van der Waals surface area (Å²) in [7, 11) is 0. The van der Waals surface area contributed by atoms with Crippen LogP contribution < -0.4 is 0 Å². The van der Waals surface area contributed by atoms with E-state index in [4.69, 9.17) is 56.8 Å². The first kappa shape index (κ1) is 72.3. The maximum Gasteiger partial charge on any atom is 0.315 e. The van der Waals surface area contributed by atoms with Gasteiger partial charge in [-0.1, -0.05) is 53.2 Å². The second-order valence-corrected chi connectivity index (χ2v) is 30.5. The molecule has 6 heterocycles. The Balaban J connectivity index is 0.895. The van der Waals surface area contributed by atoms with Crippen LogP contribution in [0, 0.1) is 50.2 Å². The molecule has 93 heavy (non-hydrogen) atoms. The van der Waals surface area contributed by atoms with Crippen molar-refractivity contribution in [3.8, 4) is 0 Å². The first-order valence-corrected chi connectivity index (χ1v) is 33.0. The molecule has 0 aromatic heterocycles. The maximum absolute atomic E-state index is 16.0. The lowest BCUT2D eigenvalue weighted by Gasteiger charge is -2.72. The summed E-state index contributed by atoms with van der Waals surface area (Å²) in [6.45, 7) is 13.0. The fourth-order valence-electron chi connectivity index (χ4n) is 18.7. The molecule has 11 aliphatic rings. The molecule has 37 atom stereocenters. The first-order chi connectivity index (χ1) is 43.6. The largest absolute Gasteiger partial charge is 0.432 e. The number of fused-ring (bicyclic) bond motifs is 7. The molecule has 0 aromatic carbocycles. The van der Waals surface area contributed by atoms with Crippen LogP contribution in [-0.4, -0.2) is 304 Å². The van der Waals surface area contributed by atoms with Crippen molar-refractivity contribution in [3.05, 3.63) is 11.6 Å². The molecule has 17 N–H and O–H groups in total. The fraction of sp³-hybridized carbons (Fsp3) is 0.952. The molecule has 0 spiro atoms. The molecule has 0 bridgehead atoms. The van der Waals surface area contributed by atoms with E-state index in [1.807, 2.05) is 6.92 Å². The highest BCUT2D eigenvalue weighted by Gasteiger charge is 2.72. The van der Waals surface area contributed by atoms with E-state index >= 15 is 4.79 Å². The van der Waals surface area contributed by atoms with E-state index in [9.17, 15) is 86.8 Å². The molecule has 11 rings (SSSR count). The Morgan fingerprint density at radius 1 is 0.495 bits per heavy atom. The van der Waals surface area contributed by atoms with Crippen LogP contribution in [-0.2, 0) is 61.6 Å². The first-order valence-electron chi connectivity index (χ1n) is 33.0. The molecule has 534 valence electrons. The van der Waals surface area contributed by atoms with E-state index in [0.29, 0.717) is 51.4 Å². The minimum Gasteiger partial charge on any atom is -0.432 e. The van der Waals surface area contributed by atoms with Crippen molar-refractivity contribution < 1.29 is 148 Å². The van der Waals surface area contributed by atoms with Crippen LogP contribution in [0.15, 0.2) is 11.6 Å². The molecule has 0 aromatic rings. The van der Waals surface area contributed by atoms with Crippen LogP contribution in [0.4, 0.5) is 0 Å². The van der Waals surface area contributed by atoms with Crippen LogP contribution in [0.3, 0.4) is 0 Å². The van der Waals surface area contributed by atoms with Gasteiger partial charge < -0.3 is 144 Å². The standard InChI is InChI=1S/C63H102O30/c1-24-35(70)39(74)43(78)53(85-24)90-48-45(80)55(86-25(2)46(48)88-51-41(76)36(71)29(67)20-82-51)91-49-47(89-52-42(77)37(72)30(68)21-83-52)31(69)22-84-56(49)93-57(81)63-15-13-58(3,4)17-27(63)26-9-10-34-59(5)18-28(66)50(92-54-44(79)40(75)38(73)32(19-64)87-54)60(6,23-65)33(59)11-12-62(34,8)61(26,7)14-16-63/h9,24-25,27-56,64-80H,10-23H2,1-8H3/t24-,25-,27-,28-,29+,30-,31-,32+,33+,34+,35-,36-,37-,38+,39+,40-,41+,42+,43+,44+,45+,46-,47-,48-,49+,50-,51-,52-,53-,54-,55-,56-,59-,60-,61+,62+,63-/m0/s1. The number of allylic oxidation sites excluding steroid dienone is 2. The Hall–Kier alpha value is -1.91. The van der Waals surface area contributed by atoms with Gasteiger partial charge in [-0.2, -0.15) is 0 Å². The number of hydrogen-bond acceptors (Lipinski definition) is 30. The summed E-state index contributed by atoms with van der Waals surface area (Å²) in [4.78, 5) is 16.0. The third-order valence-electron chi connectivity index (χ3n) is 24.5. The summed E-state index contributed by atoms with van der Waals surface area (Å²) in [6.07, 6.45) is -41.3. The molecule has 6 saturated heterocycles. The van der Waals surface area contributed by atoms with E-state index in [0.717, 1.165) is 5.57 Å². The minimum atomic E-state index is -2.08. The molecule has 5 aliphatic carbocycles. The molecular weight excluding hydrogens is 1240 g/mol. The zero-order valence-electron chi connectivity index (χ0n) is 53.9. The summed E-state index contributed by atoms with van der Waals surface area (Å²) in [5.74, 6) is -1.43. The summed E-state index contributed by atoms with van der Waals surface area (Å²) < 4.78 is 73.4. The van der Waals surface area contributed by atoms with Crippen molar-refractivity contribution in [3.63, 3.8) is 0 Å². The topological polar surface area (TPSA) is 472 Å². The minimum absolute atomic E-state index is 0.0837. The molecule has 10 fully saturated rings. The fourth-order valence-corrected chi connectivity index (χ4v) is 18.7. The molecule has 30 nitrogen and oxygen atoms in total. The van der Waals surface area contributed by atoms with Gasteiger partial charge >= 0.3 is 5.97 Å². The summed E-state index contributed by atoms with van der Waals surface area (Å²) in [5, 5.41) is 187. The van der Waals surface area contributed by atoms with Crippen molar-refractivity contribution in [2.24, 2.45) is 50.2 Å². The summed E-state index contributed by atoms with van der Waals surface area (Å²) in [5.41, 5.74) is -3.15. The van der Waals surface area contributed by atoms with Crippen molar-refractivity contribution >= 4 is 5.97 Å². The normalized spacial score (nSPS) is 55.7. The van der Waals surface area contributed by atoms with E-state index in [1.54, 1.807) is 0 Å². The lowest BCUT2D eigenvalue weighted by Crippen LogP contribution is -2.69. The second kappa shape index (κ2) is 26.9. The van der Waals surface area contributed by atoms with Gasteiger partial charge in [-0.3, -0.25) is 4.79 Å². The molecule has 4 saturated carbocycles. The second-order valence-electron chi connectivity index (χ2n) is 30.5. The number of ether oxygens (including phenoxy) is 12. The summed E-state index contributed by atoms with van der Waals surface area (Å²) >= 11 is 0. The highest BCUT2D eigenvalue weighted by molar-refractivity contribution is 5.79. The predicted octanol–water partition coefficient (Wildman–Crippen LogP) is -4.47. The van der Waals surface area contributed by atoms with Gasteiger partial charge in [-0.05, 0) is 111 Å². The number of aliphatic hydroxyl groups excluding tert-OH is 17. The van der Waals surface area contributed by atoms with Crippen LogP contribution in [0.5, 0.6) is 0 Å². The molecule has 0 amide bonds. The number of carbonyl (C=O) groups is 1. The van der Waals surface area contributed by atoms with E-state index < -0.39 is 250 Å². The van der Waals surface area contributed by atoms with Crippen LogP contribution in [0.2, 0.25) is 0 Å². The van der Waals surface area contributed by atoms with Gasteiger partial charge in [0.05, 0.1) is 62.9 Å². The van der Waals surface area contributed by atoms with E-state index in [1.165, 1.54) is 13.8 Å². The number of hydrogen-bond donors (Lipinski definition) is 17. The molecule has 0 unspecified atom stereocenters. The van der Waals surface area contributed by atoms with Gasteiger partial charge in [0.15, 0.2) is 37.6 Å². The highest BCUT2D eigenvalue weighted by Crippen LogP contribution is 2.76. The van der Waals surface area contributed by atoms with Crippen molar-refractivity contribution in [1.82, 2.24) is 0 Å². The Labute approximate surface area is 539 Å². The van der Waals surface area contributed by atoms with Crippen molar-refractivity contribution in [2.75, 3.05) is 33.0 Å². The van der Waals surface area contributed by atoms with Crippen LogP contribution in [0.1, 0.15) is 113 Å². The predicted molar refractivity (Wildman–Crippen MR) is 310 cm³/mol. The average Bonchev–Trinajstić information content (AvgIpc) is 0.674. The SMILES string of the molecule is C[C@@H]1O[C@@H](O[C@H]2[C@@H](O)[C@H](O[C@H]3[C@H](OC(=O)[C@]45CCC(C)(C)C[C@H]4C4=CC[C@@H]6[C@@]7(C)C[C@H](O)[C@H](O[C@@H]8O[C@H](CO)[C@@H](O)[C@H](O)[C@H]8O)[C@@](C)(CO)[C@@H]7CC[C@@]6(C)[C@]4(C)CC5)OC[C@H](O)[C@@H]3O[C@@H]3OC[C@H](O)[C@H](O)[C@H]3O)O[C@@H](C)[C@@H]2O[C@@H]2OC[C@@H](O)[C@H](O)[C@H]2O)[C@H](O)[C@H](O)[C@H]1O. The Kier molecular flexibility index (Phi) is 20.9. The number of carbonyl (C=O) groups excluding carboxylic acids is 1. The van der Waals surface area contributed by atoms with Gasteiger partial charge in [0, 0.05) is 5.41 Å². The Bertz CT molecular complexity index is 2620. The van der Waals surface area contributed by atoms with Crippen molar-refractivity contribution in [1.29, 1.82) is 0 Å². The molecular formula is C63H102O30. The quantitative estimate of drug-likeness (QED) is 0.0443.